The van der Waals surface area contributed by atoms with Crippen LogP contribution in [0.2, 0.25) is 0 Å². The number of imidazole rings is 1. The summed E-state index contributed by atoms with van der Waals surface area (Å²) in [5.41, 5.74) is 6.29. The third kappa shape index (κ3) is 2.05. The maximum absolute atomic E-state index is 12.7. The van der Waals surface area contributed by atoms with Gasteiger partial charge in [0.1, 0.15) is 5.65 Å². The zero-order chi connectivity index (χ0) is 14.3. The number of aliphatic hydroxyl groups excluding tert-OH is 1. The number of hydrogen-bond acceptors (Lipinski definition) is 5. The fourth-order valence-corrected chi connectivity index (χ4v) is 4.10. The molecule has 0 saturated carbocycles. The van der Waals surface area contributed by atoms with Crippen LogP contribution in [0.25, 0.3) is 5.65 Å². The fraction of sp³-hybridized carbons (Fsp3) is 0.417. The molecule has 0 atom stereocenters. The number of nitrogen functional groups attached to an aromatic ring is 1. The molecule has 0 amide bonds. The molecule has 0 unspecified atom stereocenters. The highest BCUT2D eigenvalue weighted by atomic mass is 32.2. The lowest BCUT2D eigenvalue weighted by atomic mass is 10.1. The molecule has 3 heterocycles. The Labute approximate surface area is 116 Å². The van der Waals surface area contributed by atoms with Gasteiger partial charge in [0, 0.05) is 19.3 Å². The third-order valence-corrected chi connectivity index (χ3v) is 5.46. The van der Waals surface area contributed by atoms with Gasteiger partial charge in [-0.05, 0) is 25.0 Å². The monoisotopic (exact) mass is 296 g/mol. The molecule has 1 fully saturated rings. The number of aliphatic hydroxyl groups is 1. The molecular formula is C12H16N4O3S. The molecule has 0 aromatic carbocycles. The highest BCUT2D eigenvalue weighted by Gasteiger charge is 2.33. The van der Waals surface area contributed by atoms with E-state index in [1.54, 1.807) is 24.4 Å². The molecule has 0 aliphatic carbocycles. The van der Waals surface area contributed by atoms with Crippen molar-refractivity contribution >= 4 is 21.5 Å². The summed E-state index contributed by atoms with van der Waals surface area (Å²) in [7, 11) is -3.70. The van der Waals surface area contributed by atoms with Crippen LogP contribution in [0.3, 0.4) is 0 Å². The zero-order valence-corrected chi connectivity index (χ0v) is 11.6. The third-order valence-electron chi connectivity index (χ3n) is 3.52. The quantitative estimate of drug-likeness (QED) is 0.816. The molecule has 2 aromatic heterocycles. The predicted molar refractivity (Wildman–Crippen MR) is 73.6 cm³/mol. The second-order valence-electron chi connectivity index (χ2n) is 4.87. The van der Waals surface area contributed by atoms with Crippen LogP contribution in [0.4, 0.5) is 5.82 Å². The molecule has 20 heavy (non-hydrogen) atoms. The van der Waals surface area contributed by atoms with Crippen molar-refractivity contribution in [3.63, 3.8) is 0 Å². The molecule has 1 aliphatic heterocycles. The number of aromatic nitrogens is 2. The van der Waals surface area contributed by atoms with Crippen molar-refractivity contribution in [2.45, 2.75) is 24.0 Å². The lowest BCUT2D eigenvalue weighted by molar-refractivity contribution is 0.113. The zero-order valence-electron chi connectivity index (χ0n) is 10.8. The van der Waals surface area contributed by atoms with Gasteiger partial charge in [-0.1, -0.05) is 6.07 Å². The molecule has 0 bridgehead atoms. The molecule has 3 N–H and O–H groups in total. The summed E-state index contributed by atoms with van der Waals surface area (Å²) in [6.07, 6.45) is 2.08. The predicted octanol–water partition coefficient (Wildman–Crippen LogP) is 0.0619. The molecule has 8 heteroatoms. The van der Waals surface area contributed by atoms with E-state index in [1.165, 1.54) is 8.71 Å². The Hall–Kier alpha value is -1.64. The molecule has 1 saturated heterocycles. The fourth-order valence-electron chi connectivity index (χ4n) is 2.45. The van der Waals surface area contributed by atoms with E-state index in [0.717, 1.165) is 0 Å². The van der Waals surface area contributed by atoms with Crippen LogP contribution in [0.5, 0.6) is 0 Å². The topological polar surface area (TPSA) is 101 Å². The molecular weight excluding hydrogens is 280 g/mol. The Morgan fingerprint density at radius 1 is 1.30 bits per heavy atom. The number of pyridine rings is 1. The SMILES string of the molecule is Nc1nc2ccccn2c1S(=O)(=O)N1CCC(O)CC1. The van der Waals surface area contributed by atoms with Gasteiger partial charge in [-0.15, -0.1) is 0 Å². The van der Waals surface area contributed by atoms with Crippen LogP contribution < -0.4 is 5.73 Å². The molecule has 2 aromatic rings. The van der Waals surface area contributed by atoms with Gasteiger partial charge in [-0.25, -0.2) is 13.4 Å². The van der Waals surface area contributed by atoms with Gasteiger partial charge in [-0.2, -0.15) is 4.31 Å². The van der Waals surface area contributed by atoms with Crippen molar-refractivity contribution in [1.82, 2.24) is 13.7 Å². The summed E-state index contributed by atoms with van der Waals surface area (Å²) in [4.78, 5) is 4.07. The minimum absolute atomic E-state index is 0.00215. The largest absolute Gasteiger partial charge is 0.393 e. The number of sulfonamides is 1. The molecule has 0 spiro atoms. The van der Waals surface area contributed by atoms with Crippen LogP contribution in [0.1, 0.15) is 12.8 Å². The number of hydrogen-bond donors (Lipinski definition) is 2. The minimum Gasteiger partial charge on any atom is -0.393 e. The summed E-state index contributed by atoms with van der Waals surface area (Å²) in [5, 5.41) is 9.49. The van der Waals surface area contributed by atoms with Gasteiger partial charge in [0.15, 0.2) is 10.8 Å². The summed E-state index contributed by atoms with van der Waals surface area (Å²) >= 11 is 0. The summed E-state index contributed by atoms with van der Waals surface area (Å²) in [6.45, 7) is 0.589. The van der Waals surface area contributed by atoms with E-state index in [9.17, 15) is 13.5 Å². The number of nitrogens with two attached hydrogens (primary N) is 1. The van der Waals surface area contributed by atoms with Gasteiger partial charge in [0.2, 0.25) is 0 Å². The first-order valence-corrected chi connectivity index (χ1v) is 7.85. The number of anilines is 1. The van der Waals surface area contributed by atoms with Crippen molar-refractivity contribution in [3.05, 3.63) is 24.4 Å². The van der Waals surface area contributed by atoms with E-state index >= 15 is 0 Å². The van der Waals surface area contributed by atoms with Crippen molar-refractivity contribution in [2.24, 2.45) is 0 Å². The average molecular weight is 296 g/mol. The second-order valence-corrected chi connectivity index (χ2v) is 6.72. The Morgan fingerprint density at radius 2 is 2.00 bits per heavy atom. The molecule has 3 rings (SSSR count). The molecule has 0 radical (unpaired) electrons. The van der Waals surface area contributed by atoms with Crippen LogP contribution in [0, 0.1) is 0 Å². The first-order chi connectivity index (χ1) is 9.50. The lowest BCUT2D eigenvalue weighted by Crippen LogP contribution is -2.40. The van der Waals surface area contributed by atoms with Crippen LogP contribution in [-0.2, 0) is 10.0 Å². The summed E-state index contributed by atoms with van der Waals surface area (Å²) < 4.78 is 28.2. The van der Waals surface area contributed by atoms with E-state index in [4.69, 9.17) is 5.73 Å². The minimum atomic E-state index is -3.70. The van der Waals surface area contributed by atoms with Crippen LogP contribution in [-0.4, -0.2) is 46.4 Å². The summed E-state index contributed by atoms with van der Waals surface area (Å²) in [6, 6.07) is 5.21. The molecule has 108 valence electrons. The second kappa shape index (κ2) is 4.72. The van der Waals surface area contributed by atoms with Crippen LogP contribution >= 0.6 is 0 Å². The van der Waals surface area contributed by atoms with E-state index in [1.807, 2.05) is 0 Å². The van der Waals surface area contributed by atoms with Gasteiger partial charge >= 0.3 is 0 Å². The van der Waals surface area contributed by atoms with Gasteiger partial charge < -0.3 is 10.8 Å². The van der Waals surface area contributed by atoms with Crippen molar-refractivity contribution in [1.29, 1.82) is 0 Å². The van der Waals surface area contributed by atoms with E-state index in [-0.39, 0.29) is 10.8 Å². The van der Waals surface area contributed by atoms with Gasteiger partial charge in [0.25, 0.3) is 10.0 Å². The van der Waals surface area contributed by atoms with Gasteiger partial charge in [0.05, 0.1) is 6.10 Å². The number of piperidine rings is 1. The van der Waals surface area contributed by atoms with E-state index in [0.29, 0.717) is 31.6 Å². The Morgan fingerprint density at radius 3 is 2.70 bits per heavy atom. The van der Waals surface area contributed by atoms with Crippen molar-refractivity contribution in [3.8, 4) is 0 Å². The maximum Gasteiger partial charge on any atom is 0.262 e. The Bertz CT molecular complexity index is 732. The highest BCUT2D eigenvalue weighted by Crippen LogP contribution is 2.26. The smallest absolute Gasteiger partial charge is 0.262 e. The van der Waals surface area contributed by atoms with Gasteiger partial charge in [-0.3, -0.25) is 4.40 Å². The number of nitrogens with zero attached hydrogens (tertiary/aromatic N) is 3. The standard InChI is InChI=1S/C12H16N4O3S/c13-11-12(16-6-2-1-3-10(16)14-11)20(18,19)15-7-4-9(17)5-8-15/h1-3,6,9,17H,4-5,7-8,13H2. The van der Waals surface area contributed by atoms with Crippen LogP contribution in [0.15, 0.2) is 29.4 Å². The normalized spacial score (nSPS) is 18.6. The number of fused-ring (bicyclic) bond motifs is 1. The van der Waals surface area contributed by atoms with E-state index < -0.39 is 16.1 Å². The Balaban J connectivity index is 2.07. The first-order valence-electron chi connectivity index (χ1n) is 6.41. The first kappa shape index (κ1) is 13.3. The number of rotatable bonds is 2. The van der Waals surface area contributed by atoms with Crippen molar-refractivity contribution < 1.29 is 13.5 Å². The summed E-state index contributed by atoms with van der Waals surface area (Å²) in [5.74, 6) is 0.00215. The maximum atomic E-state index is 12.7. The van der Waals surface area contributed by atoms with E-state index in [2.05, 4.69) is 4.98 Å². The average Bonchev–Trinajstić information content (AvgIpc) is 2.75. The Kier molecular flexibility index (Phi) is 3.15. The highest BCUT2D eigenvalue weighted by molar-refractivity contribution is 7.89. The molecule has 7 nitrogen and oxygen atoms in total. The van der Waals surface area contributed by atoms with Crippen molar-refractivity contribution in [2.75, 3.05) is 18.8 Å². The molecule has 1 aliphatic rings. The lowest BCUT2D eigenvalue weighted by Gasteiger charge is -2.28.